The van der Waals surface area contributed by atoms with Gasteiger partial charge in [0.1, 0.15) is 0 Å². The fourth-order valence-electron chi connectivity index (χ4n) is 5.16. The molecule has 0 unspecified atom stereocenters. The Morgan fingerprint density at radius 1 is 0.750 bits per heavy atom. The lowest BCUT2D eigenvalue weighted by molar-refractivity contribution is -0.191. The van der Waals surface area contributed by atoms with Gasteiger partial charge >= 0.3 is 12.1 Å². The van der Waals surface area contributed by atoms with E-state index in [4.69, 9.17) is 24.2 Å². The molecule has 2 aliphatic rings. The highest BCUT2D eigenvalue weighted by molar-refractivity contribution is 7.17. The minimum absolute atomic E-state index is 0.0945. The molecule has 0 aliphatic carbocycles. The Morgan fingerprint density at radius 3 is 1.50 bits per heavy atom. The van der Waals surface area contributed by atoms with Gasteiger partial charge in [-0.3, -0.25) is 14.6 Å². The van der Waals surface area contributed by atoms with E-state index in [1.54, 1.807) is 29.6 Å². The molecule has 2 aromatic carbocycles. The monoisotopic (exact) mass is 700 g/mol. The van der Waals surface area contributed by atoms with Crippen LogP contribution in [-0.2, 0) is 36.7 Å². The zero-order valence-corrected chi connectivity index (χ0v) is 29.3. The van der Waals surface area contributed by atoms with Crippen molar-refractivity contribution in [2.45, 2.75) is 51.2 Å². The Morgan fingerprint density at radius 2 is 1.15 bits per heavy atom. The summed E-state index contributed by atoms with van der Waals surface area (Å²) in [5, 5.41) is 33.0. The normalized spacial score (nSPS) is 14.8. The van der Waals surface area contributed by atoms with Crippen LogP contribution in [0.4, 0.5) is 0 Å². The number of carboxylic acid groups (broad SMARTS) is 1. The first kappa shape index (κ1) is 39.4. The van der Waals surface area contributed by atoms with Crippen LogP contribution in [-0.4, -0.2) is 115 Å². The Bertz CT molecular complexity index is 1410. The molecule has 2 aliphatic heterocycles. The first-order chi connectivity index (χ1) is 23.3. The second kappa shape index (κ2) is 22.6. The van der Waals surface area contributed by atoms with Gasteiger partial charge in [-0.15, -0.1) is 22.7 Å². The van der Waals surface area contributed by atoms with Gasteiger partial charge in [0.05, 0.1) is 25.4 Å². The lowest BCUT2D eigenvalue weighted by atomic mass is 10.1. The van der Waals surface area contributed by atoms with E-state index < -0.39 is 5.97 Å². The molecular weight excluding hydrogens is 653 g/mol. The van der Waals surface area contributed by atoms with Crippen LogP contribution in [0, 0.1) is 0 Å². The van der Waals surface area contributed by atoms with Gasteiger partial charge in [0, 0.05) is 68.3 Å². The van der Waals surface area contributed by atoms with Gasteiger partial charge in [0.25, 0.3) is 0 Å². The predicted octanol–water partition coefficient (Wildman–Crippen LogP) is 4.95. The van der Waals surface area contributed by atoms with Crippen LogP contribution in [0.2, 0.25) is 0 Å². The number of carbonyl (C=O) groups is 1. The van der Waals surface area contributed by atoms with Gasteiger partial charge in [-0.2, -0.15) is 9.59 Å². The molecule has 6 rings (SSSR count). The number of aliphatic hydroxyl groups is 2. The number of fused-ring (bicyclic) bond motifs is 2. The third kappa shape index (κ3) is 15.0. The summed E-state index contributed by atoms with van der Waals surface area (Å²) in [7, 11) is 0. The highest BCUT2D eigenvalue weighted by Gasteiger charge is 2.23. The summed E-state index contributed by atoms with van der Waals surface area (Å²) >= 11 is 3.58. The number of aliphatic carboxylic acids is 1. The van der Waals surface area contributed by atoms with E-state index in [0.29, 0.717) is 0 Å². The van der Waals surface area contributed by atoms with E-state index in [1.807, 2.05) is 0 Å². The topological polar surface area (TPSA) is 137 Å². The highest BCUT2D eigenvalue weighted by Crippen LogP contribution is 2.23. The average molecular weight is 701 g/mol. The third-order valence-corrected chi connectivity index (χ3v) is 9.60. The van der Waals surface area contributed by atoms with Crippen molar-refractivity contribution >= 4 is 55.0 Å². The van der Waals surface area contributed by atoms with Crippen molar-refractivity contribution in [3.05, 3.63) is 70.4 Å². The first-order valence-corrected chi connectivity index (χ1v) is 18.2. The molecule has 3 N–H and O–H groups in total. The molecule has 0 spiro atoms. The lowest BCUT2D eigenvalue weighted by Crippen LogP contribution is -2.50. The van der Waals surface area contributed by atoms with Gasteiger partial charge in [0.2, 0.25) is 0 Å². The fourth-order valence-corrected chi connectivity index (χ4v) is 6.70. The minimum atomic E-state index is -0.745. The van der Waals surface area contributed by atoms with Crippen molar-refractivity contribution < 1.29 is 39.2 Å². The molecule has 12 heteroatoms. The summed E-state index contributed by atoms with van der Waals surface area (Å²) in [6.07, 6.45) is 4.35. The summed E-state index contributed by atoms with van der Waals surface area (Å²) in [5.74, 6) is -0.745. The highest BCUT2D eigenvalue weighted by atomic mass is 32.1. The summed E-state index contributed by atoms with van der Waals surface area (Å²) < 4.78 is 14.1. The minimum Gasteiger partial charge on any atom is -0.481 e. The van der Waals surface area contributed by atoms with E-state index in [1.165, 1.54) is 31.3 Å². The number of nitrogens with zero attached hydrogens (tertiary/aromatic N) is 2. The van der Waals surface area contributed by atoms with Crippen LogP contribution < -0.4 is 0 Å². The summed E-state index contributed by atoms with van der Waals surface area (Å²) in [5.41, 5.74) is 2.70. The molecule has 48 heavy (non-hydrogen) atoms. The molecule has 10 nitrogen and oxygen atoms in total. The molecule has 4 heterocycles. The molecule has 0 saturated carbocycles. The van der Waals surface area contributed by atoms with Crippen molar-refractivity contribution in [1.82, 2.24) is 9.80 Å². The van der Waals surface area contributed by atoms with E-state index in [9.17, 15) is 15.0 Å². The number of ether oxygens (including phenoxy) is 2. The smallest absolute Gasteiger partial charge is 0.373 e. The van der Waals surface area contributed by atoms with Crippen LogP contribution in [0.3, 0.4) is 0 Å². The maximum absolute atomic E-state index is 9.37. The Balaban J connectivity index is 0.000000214. The van der Waals surface area contributed by atoms with Gasteiger partial charge in [-0.05, 0) is 82.6 Å². The number of carbonyl (C=O) groups excluding carboxylic acids is 2. The Hall–Kier alpha value is -3.03. The second-order valence-corrected chi connectivity index (χ2v) is 13.6. The molecule has 0 amide bonds. The van der Waals surface area contributed by atoms with Crippen LogP contribution in [0.25, 0.3) is 20.2 Å². The van der Waals surface area contributed by atoms with Crippen LogP contribution in [0.15, 0.2) is 59.3 Å². The zero-order chi connectivity index (χ0) is 34.6. The molecule has 2 fully saturated rings. The predicted molar refractivity (Wildman–Crippen MR) is 190 cm³/mol. The Kier molecular flexibility index (Phi) is 18.5. The largest absolute Gasteiger partial charge is 0.481 e. The van der Waals surface area contributed by atoms with Crippen molar-refractivity contribution in [3.8, 4) is 0 Å². The van der Waals surface area contributed by atoms with Gasteiger partial charge in [-0.1, -0.05) is 31.2 Å². The number of aliphatic hydroxyl groups excluding tert-OH is 2. The SMILES string of the molecule is CCC(=O)O.O=C=O.OC1CN(CCCOCCc2ccc3sccc3c2)C1.OC1CN(CCCOCCc2ccc3sccc3c2)C1. The molecule has 0 radical (unpaired) electrons. The van der Waals surface area contributed by atoms with Gasteiger partial charge in [0.15, 0.2) is 0 Å². The van der Waals surface area contributed by atoms with E-state index in [-0.39, 0.29) is 24.8 Å². The van der Waals surface area contributed by atoms with Crippen molar-refractivity contribution in [2.75, 3.05) is 65.7 Å². The van der Waals surface area contributed by atoms with Crippen LogP contribution >= 0.6 is 22.7 Å². The molecule has 0 bridgehead atoms. The van der Waals surface area contributed by atoms with Crippen LogP contribution in [0.1, 0.15) is 37.3 Å². The van der Waals surface area contributed by atoms with E-state index in [2.05, 4.69) is 69.1 Å². The average Bonchev–Trinajstić information content (AvgIpc) is 3.72. The maximum atomic E-state index is 9.37. The van der Waals surface area contributed by atoms with Crippen LogP contribution in [0.5, 0.6) is 0 Å². The number of hydrogen-bond acceptors (Lipinski definition) is 11. The number of hydrogen-bond donors (Lipinski definition) is 3. The standard InChI is InChI=1S/2C16H21NO2S.C3H6O2.CO2/c2*18-15-11-17(12-15)6-1-7-19-8-4-13-2-3-16-14(10-13)5-9-20-16;1-2-3(4)5;2-1-3/h2*2-3,5,9-10,15,18H,1,4,6-8,11-12H2;2H2,1H3,(H,4,5);. The zero-order valence-electron chi connectivity index (χ0n) is 27.6. The summed E-state index contributed by atoms with van der Waals surface area (Å²) in [6.45, 7) is 10.2. The molecule has 2 aromatic heterocycles. The molecule has 4 aromatic rings. The summed E-state index contributed by atoms with van der Waals surface area (Å²) in [4.78, 5) is 30.1. The summed E-state index contributed by atoms with van der Waals surface area (Å²) in [6, 6.07) is 17.7. The number of rotatable bonds is 15. The molecular formula is C36H48N2O8S2. The van der Waals surface area contributed by atoms with Crippen molar-refractivity contribution in [2.24, 2.45) is 0 Å². The quantitative estimate of drug-likeness (QED) is 0.146. The second-order valence-electron chi connectivity index (χ2n) is 11.7. The number of thiophene rings is 2. The molecule has 262 valence electrons. The number of carboxylic acids is 1. The first-order valence-electron chi connectivity index (χ1n) is 16.4. The van der Waals surface area contributed by atoms with E-state index >= 15 is 0 Å². The van der Waals surface area contributed by atoms with Crippen molar-refractivity contribution in [3.63, 3.8) is 0 Å². The van der Waals surface area contributed by atoms with E-state index in [0.717, 1.165) is 91.4 Å². The Labute approximate surface area is 290 Å². The maximum Gasteiger partial charge on any atom is 0.373 e. The lowest BCUT2D eigenvalue weighted by Gasteiger charge is -2.35. The molecule has 0 atom stereocenters. The van der Waals surface area contributed by atoms with Crippen molar-refractivity contribution in [1.29, 1.82) is 0 Å². The number of likely N-dealkylation sites (tertiary alicyclic amines) is 2. The number of β-amino-alcohol motifs (C(OH)–C–C–N with tert-alkyl or cyclic N) is 2. The molecule has 2 saturated heterocycles. The third-order valence-electron chi connectivity index (χ3n) is 7.81. The van der Waals surface area contributed by atoms with Gasteiger partial charge in [-0.25, -0.2) is 0 Å². The fraction of sp³-hybridized carbons (Fsp3) is 0.500. The van der Waals surface area contributed by atoms with Gasteiger partial charge < -0.3 is 24.8 Å². The number of benzene rings is 2.